The molecule has 0 aliphatic carbocycles. The van der Waals surface area contributed by atoms with Crippen molar-refractivity contribution >= 4 is 11.8 Å². The average molecular weight is 243 g/mol. The third-order valence-electron chi connectivity index (χ3n) is 1.61. The fraction of sp³-hybridized carbons (Fsp3) is 0. The summed E-state index contributed by atoms with van der Waals surface area (Å²) in [5.41, 5.74) is 0. The van der Waals surface area contributed by atoms with E-state index in [-0.39, 0.29) is 5.03 Å². The molecule has 16 heavy (non-hydrogen) atoms. The fourth-order valence-electron chi connectivity index (χ4n) is 0.938. The standard InChI is InChI=1S/C9H4F3N3S/c10-5-3-6(11)9(15-8(5)12)16-7-1-2-13-4-14-7/h1-4H. The van der Waals surface area contributed by atoms with Crippen LogP contribution in [0, 0.1) is 17.6 Å². The van der Waals surface area contributed by atoms with Crippen molar-refractivity contribution in [3.8, 4) is 0 Å². The van der Waals surface area contributed by atoms with E-state index in [1.54, 1.807) is 0 Å². The van der Waals surface area contributed by atoms with Crippen LogP contribution in [0.4, 0.5) is 13.2 Å². The Kier molecular flexibility index (Phi) is 3.04. The van der Waals surface area contributed by atoms with E-state index < -0.39 is 17.6 Å². The van der Waals surface area contributed by atoms with Gasteiger partial charge in [0.15, 0.2) is 11.6 Å². The van der Waals surface area contributed by atoms with Crippen molar-refractivity contribution in [2.75, 3.05) is 0 Å². The van der Waals surface area contributed by atoms with Gasteiger partial charge in [-0.3, -0.25) is 0 Å². The number of halogens is 3. The number of hydrogen-bond acceptors (Lipinski definition) is 4. The van der Waals surface area contributed by atoms with E-state index in [1.807, 2.05) is 0 Å². The molecule has 0 spiro atoms. The Bertz CT molecular complexity index is 507. The molecule has 0 atom stereocenters. The Morgan fingerprint density at radius 2 is 1.94 bits per heavy atom. The number of pyridine rings is 1. The molecular weight excluding hydrogens is 239 g/mol. The number of aromatic nitrogens is 3. The Morgan fingerprint density at radius 3 is 2.62 bits per heavy atom. The molecule has 0 aliphatic rings. The lowest BCUT2D eigenvalue weighted by Gasteiger charge is -2.01. The topological polar surface area (TPSA) is 38.7 Å². The molecule has 2 heterocycles. The van der Waals surface area contributed by atoms with Gasteiger partial charge in [-0.25, -0.2) is 23.7 Å². The van der Waals surface area contributed by atoms with Crippen molar-refractivity contribution in [1.29, 1.82) is 0 Å². The Balaban J connectivity index is 2.32. The maximum Gasteiger partial charge on any atom is 0.250 e. The van der Waals surface area contributed by atoms with E-state index in [1.165, 1.54) is 18.6 Å². The molecule has 0 fully saturated rings. The van der Waals surface area contributed by atoms with Crippen LogP contribution in [0.25, 0.3) is 0 Å². The maximum atomic E-state index is 13.2. The van der Waals surface area contributed by atoms with Gasteiger partial charge < -0.3 is 0 Å². The van der Waals surface area contributed by atoms with Crippen LogP contribution in [0.5, 0.6) is 0 Å². The first kappa shape index (κ1) is 10.9. The Morgan fingerprint density at radius 1 is 1.12 bits per heavy atom. The van der Waals surface area contributed by atoms with Crippen molar-refractivity contribution < 1.29 is 13.2 Å². The molecule has 0 unspecified atom stereocenters. The number of nitrogens with zero attached hydrogens (tertiary/aromatic N) is 3. The minimum absolute atomic E-state index is 0.266. The highest BCUT2D eigenvalue weighted by Crippen LogP contribution is 2.26. The molecule has 0 radical (unpaired) electrons. The summed E-state index contributed by atoms with van der Waals surface area (Å²) in [6, 6.07) is 1.96. The smallest absolute Gasteiger partial charge is 0.245 e. The summed E-state index contributed by atoms with van der Waals surface area (Å²) < 4.78 is 38.5. The van der Waals surface area contributed by atoms with Gasteiger partial charge in [-0.05, 0) is 17.8 Å². The molecule has 0 saturated carbocycles. The van der Waals surface area contributed by atoms with Gasteiger partial charge in [0, 0.05) is 12.3 Å². The van der Waals surface area contributed by atoms with Crippen LogP contribution in [-0.2, 0) is 0 Å². The van der Waals surface area contributed by atoms with E-state index in [9.17, 15) is 13.2 Å². The van der Waals surface area contributed by atoms with E-state index in [0.717, 1.165) is 11.8 Å². The van der Waals surface area contributed by atoms with Crippen LogP contribution in [0.2, 0.25) is 0 Å². The highest BCUT2D eigenvalue weighted by molar-refractivity contribution is 7.99. The molecule has 0 amide bonds. The van der Waals surface area contributed by atoms with Gasteiger partial charge in [0.25, 0.3) is 0 Å². The van der Waals surface area contributed by atoms with Crippen molar-refractivity contribution in [2.24, 2.45) is 0 Å². The van der Waals surface area contributed by atoms with Crippen LogP contribution in [0.1, 0.15) is 0 Å². The van der Waals surface area contributed by atoms with Gasteiger partial charge in [0.05, 0.1) is 0 Å². The first-order valence-electron chi connectivity index (χ1n) is 4.12. The molecule has 0 N–H and O–H groups in total. The predicted octanol–water partition coefficient (Wildman–Crippen LogP) is 2.44. The summed E-state index contributed by atoms with van der Waals surface area (Å²) >= 11 is 0.793. The quantitative estimate of drug-likeness (QED) is 0.600. The molecule has 0 aromatic carbocycles. The molecule has 2 rings (SSSR count). The lowest BCUT2D eigenvalue weighted by molar-refractivity contribution is 0.448. The van der Waals surface area contributed by atoms with Crippen molar-refractivity contribution in [3.05, 3.63) is 42.2 Å². The van der Waals surface area contributed by atoms with Gasteiger partial charge in [0.2, 0.25) is 5.95 Å². The van der Waals surface area contributed by atoms with E-state index in [0.29, 0.717) is 11.1 Å². The molecule has 0 bridgehead atoms. The van der Waals surface area contributed by atoms with Gasteiger partial charge >= 0.3 is 0 Å². The van der Waals surface area contributed by atoms with Crippen LogP contribution in [-0.4, -0.2) is 15.0 Å². The molecule has 2 aromatic heterocycles. The van der Waals surface area contributed by atoms with E-state index in [4.69, 9.17) is 0 Å². The van der Waals surface area contributed by atoms with E-state index >= 15 is 0 Å². The lowest BCUT2D eigenvalue weighted by atomic mass is 10.4. The van der Waals surface area contributed by atoms with Crippen LogP contribution >= 0.6 is 11.8 Å². The zero-order valence-corrected chi connectivity index (χ0v) is 8.51. The van der Waals surface area contributed by atoms with Crippen LogP contribution in [0.15, 0.2) is 34.7 Å². The summed E-state index contributed by atoms with van der Waals surface area (Å²) in [4.78, 5) is 10.6. The second-order valence-electron chi connectivity index (χ2n) is 2.70. The van der Waals surface area contributed by atoms with Gasteiger partial charge in [0.1, 0.15) is 16.4 Å². The molecule has 82 valence electrons. The predicted molar refractivity (Wildman–Crippen MR) is 50.3 cm³/mol. The van der Waals surface area contributed by atoms with Crippen LogP contribution < -0.4 is 0 Å². The van der Waals surface area contributed by atoms with Crippen molar-refractivity contribution in [2.45, 2.75) is 10.1 Å². The minimum atomic E-state index is -1.34. The third kappa shape index (κ3) is 2.30. The zero-order valence-electron chi connectivity index (χ0n) is 7.69. The highest BCUT2D eigenvalue weighted by Gasteiger charge is 2.13. The largest absolute Gasteiger partial charge is 0.250 e. The minimum Gasteiger partial charge on any atom is -0.245 e. The van der Waals surface area contributed by atoms with Gasteiger partial charge in [-0.1, -0.05) is 0 Å². The summed E-state index contributed by atoms with van der Waals surface area (Å²) in [6.45, 7) is 0. The lowest BCUT2D eigenvalue weighted by Crippen LogP contribution is -1.96. The second kappa shape index (κ2) is 4.48. The summed E-state index contributed by atoms with van der Waals surface area (Å²) in [5.74, 6) is -3.58. The average Bonchev–Trinajstić information content (AvgIpc) is 2.27. The van der Waals surface area contributed by atoms with Gasteiger partial charge in [-0.15, -0.1) is 0 Å². The Hall–Kier alpha value is -1.63. The molecular formula is C9H4F3N3S. The molecule has 0 aliphatic heterocycles. The summed E-state index contributed by atoms with van der Waals surface area (Å²) in [6.07, 6.45) is 2.72. The third-order valence-corrected chi connectivity index (χ3v) is 2.54. The highest BCUT2D eigenvalue weighted by atomic mass is 32.2. The van der Waals surface area contributed by atoms with Gasteiger partial charge in [-0.2, -0.15) is 4.39 Å². The zero-order chi connectivity index (χ0) is 11.5. The SMILES string of the molecule is Fc1cc(F)c(Sc2ccncn2)nc1F. The normalized spacial score (nSPS) is 10.4. The number of rotatable bonds is 2. The maximum absolute atomic E-state index is 13.2. The second-order valence-corrected chi connectivity index (χ2v) is 3.71. The van der Waals surface area contributed by atoms with Crippen molar-refractivity contribution in [3.63, 3.8) is 0 Å². The van der Waals surface area contributed by atoms with Crippen LogP contribution in [0.3, 0.4) is 0 Å². The first-order valence-corrected chi connectivity index (χ1v) is 4.94. The summed E-state index contributed by atoms with van der Waals surface area (Å²) in [7, 11) is 0. The molecule has 3 nitrogen and oxygen atoms in total. The monoisotopic (exact) mass is 243 g/mol. The molecule has 0 saturated heterocycles. The molecule has 7 heteroatoms. The summed E-state index contributed by atoms with van der Waals surface area (Å²) in [5, 5.41) is 0.130. The molecule has 2 aromatic rings. The number of hydrogen-bond donors (Lipinski definition) is 0. The Labute approximate surface area is 92.8 Å². The fourth-order valence-corrected chi connectivity index (χ4v) is 1.65. The first-order chi connectivity index (χ1) is 7.66. The van der Waals surface area contributed by atoms with Crippen molar-refractivity contribution in [1.82, 2.24) is 15.0 Å². The van der Waals surface area contributed by atoms with E-state index in [2.05, 4.69) is 15.0 Å².